The molecule has 2 N–H and O–H groups in total. The summed E-state index contributed by atoms with van der Waals surface area (Å²) in [6.07, 6.45) is 1.41. The predicted molar refractivity (Wildman–Crippen MR) is 65.7 cm³/mol. The second-order valence-electron chi connectivity index (χ2n) is 3.97. The summed E-state index contributed by atoms with van der Waals surface area (Å²) >= 11 is 0. The molecule has 6 nitrogen and oxygen atoms in total. The number of carbonyl (C=O) groups excluding carboxylic acids is 1. The van der Waals surface area contributed by atoms with Gasteiger partial charge in [-0.25, -0.2) is 9.78 Å². The van der Waals surface area contributed by atoms with Crippen molar-refractivity contribution in [3.05, 3.63) is 41.5 Å². The molecule has 0 radical (unpaired) electrons. The van der Waals surface area contributed by atoms with Crippen molar-refractivity contribution in [3.63, 3.8) is 0 Å². The average Bonchev–Trinajstić information content (AvgIpc) is 2.75. The standard InChI is InChI=1S/C12H14N4O2/c1-8-3-4-10(13)9(5-8)12(17)18-6-11-14-7-15-16(11)2/h3-5,7H,6,13H2,1-2H3. The molecule has 0 fully saturated rings. The van der Waals surface area contributed by atoms with E-state index in [0.29, 0.717) is 17.1 Å². The van der Waals surface area contributed by atoms with E-state index in [1.165, 1.54) is 6.33 Å². The van der Waals surface area contributed by atoms with E-state index in [0.717, 1.165) is 5.56 Å². The third-order valence-electron chi connectivity index (χ3n) is 2.57. The van der Waals surface area contributed by atoms with E-state index in [1.54, 1.807) is 23.9 Å². The number of hydrogen-bond donors (Lipinski definition) is 1. The van der Waals surface area contributed by atoms with Crippen LogP contribution in [-0.2, 0) is 18.4 Å². The van der Waals surface area contributed by atoms with Crippen molar-refractivity contribution in [2.24, 2.45) is 7.05 Å². The predicted octanol–water partition coefficient (Wildman–Crippen LogP) is 1.06. The molecule has 0 amide bonds. The topological polar surface area (TPSA) is 83.0 Å². The first-order valence-corrected chi connectivity index (χ1v) is 5.44. The smallest absolute Gasteiger partial charge is 0.340 e. The van der Waals surface area contributed by atoms with E-state index in [1.807, 2.05) is 13.0 Å². The fraction of sp³-hybridized carbons (Fsp3) is 0.250. The van der Waals surface area contributed by atoms with Crippen LogP contribution in [0, 0.1) is 6.92 Å². The number of aryl methyl sites for hydroxylation is 2. The van der Waals surface area contributed by atoms with Crippen molar-refractivity contribution in [2.75, 3.05) is 5.73 Å². The molecule has 0 aliphatic carbocycles. The molecule has 2 rings (SSSR count). The maximum absolute atomic E-state index is 11.9. The number of anilines is 1. The molecule has 1 aromatic carbocycles. The Morgan fingerprint density at radius 3 is 2.94 bits per heavy atom. The molecule has 0 saturated heterocycles. The van der Waals surface area contributed by atoms with Gasteiger partial charge in [-0.1, -0.05) is 11.6 Å². The molecule has 0 aliphatic heterocycles. The van der Waals surface area contributed by atoms with Crippen molar-refractivity contribution < 1.29 is 9.53 Å². The van der Waals surface area contributed by atoms with E-state index < -0.39 is 5.97 Å². The maximum Gasteiger partial charge on any atom is 0.340 e. The van der Waals surface area contributed by atoms with Gasteiger partial charge in [0.25, 0.3) is 0 Å². The molecule has 18 heavy (non-hydrogen) atoms. The Morgan fingerprint density at radius 1 is 1.50 bits per heavy atom. The van der Waals surface area contributed by atoms with Crippen LogP contribution in [0.1, 0.15) is 21.7 Å². The Labute approximate surface area is 104 Å². The molecule has 6 heteroatoms. The van der Waals surface area contributed by atoms with Crippen molar-refractivity contribution in [3.8, 4) is 0 Å². The van der Waals surface area contributed by atoms with Gasteiger partial charge in [-0.3, -0.25) is 4.68 Å². The lowest BCUT2D eigenvalue weighted by atomic mass is 10.1. The van der Waals surface area contributed by atoms with Gasteiger partial charge in [0.05, 0.1) is 5.56 Å². The number of esters is 1. The normalized spacial score (nSPS) is 10.3. The van der Waals surface area contributed by atoms with Crippen LogP contribution >= 0.6 is 0 Å². The zero-order valence-electron chi connectivity index (χ0n) is 10.3. The van der Waals surface area contributed by atoms with Gasteiger partial charge in [-0.05, 0) is 19.1 Å². The summed E-state index contributed by atoms with van der Waals surface area (Å²) in [5.41, 5.74) is 7.47. The number of nitrogen functional groups attached to an aromatic ring is 1. The van der Waals surface area contributed by atoms with Crippen molar-refractivity contribution >= 4 is 11.7 Å². The molecule has 0 atom stereocenters. The highest BCUT2D eigenvalue weighted by molar-refractivity contribution is 5.95. The number of aromatic nitrogens is 3. The van der Waals surface area contributed by atoms with Crippen LogP contribution < -0.4 is 5.73 Å². The number of nitrogens with zero attached hydrogens (tertiary/aromatic N) is 3. The summed E-state index contributed by atoms with van der Waals surface area (Å²) in [4.78, 5) is 15.8. The first-order valence-electron chi connectivity index (χ1n) is 5.44. The van der Waals surface area contributed by atoms with Crippen LogP contribution in [0.3, 0.4) is 0 Å². The fourth-order valence-electron chi connectivity index (χ4n) is 1.51. The van der Waals surface area contributed by atoms with Crippen LogP contribution in [0.4, 0.5) is 5.69 Å². The number of carbonyl (C=O) groups is 1. The minimum atomic E-state index is -0.459. The molecule has 94 valence electrons. The zero-order valence-corrected chi connectivity index (χ0v) is 10.3. The lowest BCUT2D eigenvalue weighted by molar-refractivity contribution is 0.0459. The summed E-state index contributed by atoms with van der Waals surface area (Å²) in [7, 11) is 1.73. The first kappa shape index (κ1) is 12.1. The molecule has 0 spiro atoms. The minimum absolute atomic E-state index is 0.0721. The number of rotatable bonds is 3. The first-order chi connectivity index (χ1) is 8.58. The lowest BCUT2D eigenvalue weighted by Gasteiger charge is -2.07. The molecule has 0 bridgehead atoms. The van der Waals surface area contributed by atoms with Gasteiger partial charge in [-0.2, -0.15) is 5.10 Å². The number of nitrogens with two attached hydrogens (primary N) is 1. The van der Waals surface area contributed by atoms with Gasteiger partial charge < -0.3 is 10.5 Å². The average molecular weight is 246 g/mol. The second-order valence-corrected chi connectivity index (χ2v) is 3.97. The monoisotopic (exact) mass is 246 g/mol. The van der Waals surface area contributed by atoms with E-state index in [9.17, 15) is 4.79 Å². The van der Waals surface area contributed by atoms with E-state index in [4.69, 9.17) is 10.5 Å². The summed E-state index contributed by atoms with van der Waals surface area (Å²) < 4.78 is 6.70. The molecule has 2 aromatic rings. The van der Waals surface area contributed by atoms with Crippen LogP contribution in [0.2, 0.25) is 0 Å². The Hall–Kier alpha value is -2.37. The zero-order chi connectivity index (χ0) is 13.1. The lowest BCUT2D eigenvalue weighted by Crippen LogP contribution is -2.11. The Balaban J connectivity index is 2.08. The Kier molecular flexibility index (Phi) is 3.27. The van der Waals surface area contributed by atoms with Crippen molar-refractivity contribution in [1.29, 1.82) is 0 Å². The highest BCUT2D eigenvalue weighted by Gasteiger charge is 2.12. The van der Waals surface area contributed by atoms with Crippen LogP contribution in [0.15, 0.2) is 24.5 Å². The van der Waals surface area contributed by atoms with Crippen molar-refractivity contribution in [2.45, 2.75) is 13.5 Å². The van der Waals surface area contributed by atoms with Gasteiger partial charge in [-0.15, -0.1) is 0 Å². The molecular formula is C12H14N4O2. The highest BCUT2D eigenvalue weighted by Crippen LogP contribution is 2.15. The molecular weight excluding hydrogens is 232 g/mol. The molecule has 0 unspecified atom stereocenters. The Morgan fingerprint density at radius 2 is 2.28 bits per heavy atom. The van der Waals surface area contributed by atoms with Crippen molar-refractivity contribution in [1.82, 2.24) is 14.8 Å². The third kappa shape index (κ3) is 2.48. The third-order valence-corrected chi connectivity index (χ3v) is 2.57. The summed E-state index contributed by atoms with van der Waals surface area (Å²) in [5.74, 6) is 0.119. The van der Waals surface area contributed by atoms with Crippen LogP contribution in [0.25, 0.3) is 0 Å². The van der Waals surface area contributed by atoms with Gasteiger partial charge in [0.2, 0.25) is 0 Å². The number of ether oxygens (including phenoxy) is 1. The second kappa shape index (κ2) is 4.87. The van der Waals surface area contributed by atoms with Crippen LogP contribution in [0.5, 0.6) is 0 Å². The maximum atomic E-state index is 11.9. The largest absolute Gasteiger partial charge is 0.454 e. The van der Waals surface area contributed by atoms with E-state index >= 15 is 0 Å². The molecule has 1 aromatic heterocycles. The van der Waals surface area contributed by atoms with Crippen LogP contribution in [-0.4, -0.2) is 20.7 Å². The fourth-order valence-corrected chi connectivity index (χ4v) is 1.51. The minimum Gasteiger partial charge on any atom is -0.454 e. The van der Waals surface area contributed by atoms with Gasteiger partial charge in [0.15, 0.2) is 12.4 Å². The van der Waals surface area contributed by atoms with Gasteiger partial charge in [0, 0.05) is 12.7 Å². The number of benzene rings is 1. The highest BCUT2D eigenvalue weighted by atomic mass is 16.5. The number of hydrogen-bond acceptors (Lipinski definition) is 5. The van der Waals surface area contributed by atoms with Gasteiger partial charge in [0.1, 0.15) is 6.33 Å². The summed E-state index contributed by atoms with van der Waals surface area (Å²) in [6.45, 7) is 1.96. The SMILES string of the molecule is Cc1ccc(N)c(C(=O)OCc2ncnn2C)c1. The molecule has 0 aliphatic rings. The quantitative estimate of drug-likeness (QED) is 0.646. The Bertz CT molecular complexity index is 577. The van der Waals surface area contributed by atoms with Gasteiger partial charge >= 0.3 is 5.97 Å². The summed E-state index contributed by atoms with van der Waals surface area (Å²) in [6, 6.07) is 5.23. The molecule has 0 saturated carbocycles. The summed E-state index contributed by atoms with van der Waals surface area (Å²) in [5, 5.41) is 3.89. The van der Waals surface area contributed by atoms with E-state index in [-0.39, 0.29) is 6.61 Å². The molecule has 1 heterocycles. The van der Waals surface area contributed by atoms with E-state index in [2.05, 4.69) is 10.1 Å².